The average Bonchev–Trinajstić information content (AvgIpc) is 2.77. The van der Waals surface area contributed by atoms with Gasteiger partial charge in [0.15, 0.2) is 0 Å². The van der Waals surface area contributed by atoms with Gasteiger partial charge in [0.05, 0.1) is 7.11 Å². The Labute approximate surface area is 163 Å². The molecule has 28 heavy (non-hydrogen) atoms. The highest BCUT2D eigenvalue weighted by Gasteiger charge is 2.28. The Morgan fingerprint density at radius 1 is 0.857 bits per heavy atom. The number of rotatable bonds is 6. The number of para-hydroxylation sites is 1. The van der Waals surface area contributed by atoms with Crippen molar-refractivity contribution in [3.63, 3.8) is 0 Å². The summed E-state index contributed by atoms with van der Waals surface area (Å²) in [5.41, 5.74) is 2.37. The van der Waals surface area contributed by atoms with E-state index in [1.165, 1.54) is 5.69 Å². The molecule has 1 fully saturated rings. The maximum absolute atomic E-state index is 12.2. The fourth-order valence-electron chi connectivity index (χ4n) is 3.61. The van der Waals surface area contributed by atoms with E-state index in [1.807, 2.05) is 47.4 Å². The maximum atomic E-state index is 12.2. The molecule has 0 bridgehead atoms. The van der Waals surface area contributed by atoms with E-state index in [9.17, 15) is 9.59 Å². The molecular formula is C22H23N3O3. The third-order valence-electron chi connectivity index (χ3n) is 5.23. The zero-order valence-corrected chi connectivity index (χ0v) is 15.9. The summed E-state index contributed by atoms with van der Waals surface area (Å²) >= 11 is 0. The molecule has 0 unspecified atom stereocenters. The molecule has 0 atom stereocenters. The molecule has 1 saturated heterocycles. The molecular weight excluding hydrogens is 354 g/mol. The Hall–Kier alpha value is -3.28. The molecule has 1 N–H and O–H groups in total. The van der Waals surface area contributed by atoms with Crippen LogP contribution in [-0.2, 0) is 6.54 Å². The topological polar surface area (TPSA) is 61.9 Å². The van der Waals surface area contributed by atoms with Gasteiger partial charge in [-0.3, -0.25) is 9.59 Å². The van der Waals surface area contributed by atoms with Crippen molar-refractivity contribution < 1.29 is 4.74 Å². The Balaban J connectivity index is 1.41. The molecule has 144 valence electrons. The van der Waals surface area contributed by atoms with Gasteiger partial charge in [0, 0.05) is 38.4 Å². The Morgan fingerprint density at radius 3 is 2.14 bits per heavy atom. The van der Waals surface area contributed by atoms with Crippen molar-refractivity contribution in [2.45, 2.75) is 6.54 Å². The highest BCUT2D eigenvalue weighted by molar-refractivity contribution is 5.75. The van der Waals surface area contributed by atoms with Crippen molar-refractivity contribution in [3.05, 3.63) is 80.6 Å². The lowest BCUT2D eigenvalue weighted by Gasteiger charge is -2.38. The second-order valence-corrected chi connectivity index (χ2v) is 6.89. The number of benzene rings is 2. The quantitative estimate of drug-likeness (QED) is 0.665. The van der Waals surface area contributed by atoms with E-state index >= 15 is 0 Å². The minimum atomic E-state index is -0.422. The lowest BCUT2D eigenvalue weighted by molar-refractivity contribution is 0.414. The molecule has 3 aromatic carbocycles. The molecule has 4 rings (SSSR count). The fourth-order valence-corrected chi connectivity index (χ4v) is 3.61. The summed E-state index contributed by atoms with van der Waals surface area (Å²) in [6.45, 7) is 3.57. The van der Waals surface area contributed by atoms with Crippen LogP contribution in [0.15, 0.2) is 64.2 Å². The third-order valence-corrected chi connectivity index (χ3v) is 5.23. The average molecular weight is 377 g/mol. The SMILES string of the molecule is COc1ccc(CNc2c(N3CCN(c4ccccc4)CC3)c(=O)c2=O)cc1. The molecule has 1 aliphatic rings. The van der Waals surface area contributed by atoms with Gasteiger partial charge in [-0.1, -0.05) is 30.3 Å². The lowest BCUT2D eigenvalue weighted by Crippen LogP contribution is -2.51. The summed E-state index contributed by atoms with van der Waals surface area (Å²) in [7, 11) is 1.63. The van der Waals surface area contributed by atoms with E-state index in [0.29, 0.717) is 17.9 Å². The Kier molecular flexibility index (Phi) is 5.02. The van der Waals surface area contributed by atoms with E-state index in [4.69, 9.17) is 4.74 Å². The predicted molar refractivity (Wildman–Crippen MR) is 113 cm³/mol. The van der Waals surface area contributed by atoms with Gasteiger partial charge >= 0.3 is 0 Å². The summed E-state index contributed by atoms with van der Waals surface area (Å²) in [5, 5.41) is 3.16. The number of nitrogens with zero attached hydrogens (tertiary/aromatic N) is 2. The van der Waals surface area contributed by atoms with Gasteiger partial charge in [-0.2, -0.15) is 0 Å². The predicted octanol–water partition coefficient (Wildman–Crippen LogP) is 2.23. The van der Waals surface area contributed by atoms with Crippen LogP contribution < -0.4 is 30.7 Å². The molecule has 0 spiro atoms. The molecule has 0 aromatic heterocycles. The van der Waals surface area contributed by atoms with Gasteiger partial charge in [0.25, 0.3) is 10.9 Å². The lowest BCUT2D eigenvalue weighted by atomic mass is 10.1. The van der Waals surface area contributed by atoms with Crippen LogP contribution in [0.25, 0.3) is 0 Å². The zero-order chi connectivity index (χ0) is 19.5. The van der Waals surface area contributed by atoms with Crippen LogP contribution >= 0.6 is 0 Å². The van der Waals surface area contributed by atoms with Gasteiger partial charge in [-0.15, -0.1) is 0 Å². The van der Waals surface area contributed by atoms with Crippen LogP contribution in [0.4, 0.5) is 17.1 Å². The highest BCUT2D eigenvalue weighted by atomic mass is 16.5. The second-order valence-electron chi connectivity index (χ2n) is 6.89. The summed E-state index contributed by atoms with van der Waals surface area (Å²) in [4.78, 5) is 28.6. The van der Waals surface area contributed by atoms with Gasteiger partial charge in [-0.25, -0.2) is 0 Å². The van der Waals surface area contributed by atoms with Crippen LogP contribution in [0.2, 0.25) is 0 Å². The molecule has 0 aliphatic carbocycles. The normalized spacial score (nSPS) is 14.3. The smallest absolute Gasteiger partial charge is 0.253 e. The first kappa shape index (κ1) is 18.1. The van der Waals surface area contributed by atoms with Crippen molar-refractivity contribution in [2.75, 3.05) is 48.4 Å². The summed E-state index contributed by atoms with van der Waals surface area (Å²) in [6.07, 6.45) is 0. The van der Waals surface area contributed by atoms with E-state index in [-0.39, 0.29) is 5.43 Å². The van der Waals surface area contributed by atoms with Crippen LogP contribution in [0, 0.1) is 0 Å². The largest absolute Gasteiger partial charge is 0.497 e. The summed E-state index contributed by atoms with van der Waals surface area (Å²) < 4.78 is 5.16. The molecule has 0 amide bonds. The fraction of sp³-hybridized carbons (Fsp3) is 0.273. The van der Waals surface area contributed by atoms with E-state index in [0.717, 1.165) is 37.5 Å². The van der Waals surface area contributed by atoms with Crippen molar-refractivity contribution in [3.8, 4) is 5.75 Å². The van der Waals surface area contributed by atoms with Gasteiger partial charge in [-0.05, 0) is 29.8 Å². The first-order chi connectivity index (χ1) is 13.7. The maximum Gasteiger partial charge on any atom is 0.253 e. The van der Waals surface area contributed by atoms with Crippen molar-refractivity contribution in [2.24, 2.45) is 0 Å². The molecule has 0 radical (unpaired) electrons. The molecule has 1 heterocycles. The summed E-state index contributed by atoms with van der Waals surface area (Å²) in [6, 6.07) is 17.9. The number of ether oxygens (including phenoxy) is 1. The third kappa shape index (κ3) is 3.45. The van der Waals surface area contributed by atoms with Crippen LogP contribution in [0.3, 0.4) is 0 Å². The highest BCUT2D eigenvalue weighted by Crippen LogP contribution is 2.24. The Morgan fingerprint density at radius 2 is 1.50 bits per heavy atom. The number of hydrogen-bond acceptors (Lipinski definition) is 6. The standard InChI is InChI=1S/C22H23N3O3/c1-28-18-9-7-16(8-10-18)15-23-19-20(22(27)21(19)26)25-13-11-24(12-14-25)17-5-3-2-4-6-17/h2-10,23H,11-15H2,1H3. The number of hydrogen-bond donors (Lipinski definition) is 1. The van der Waals surface area contributed by atoms with E-state index in [1.54, 1.807) is 7.11 Å². The van der Waals surface area contributed by atoms with Crippen molar-refractivity contribution >= 4 is 17.1 Å². The number of methoxy groups -OCH3 is 1. The van der Waals surface area contributed by atoms with E-state index in [2.05, 4.69) is 22.3 Å². The minimum Gasteiger partial charge on any atom is -0.497 e. The minimum absolute atomic E-state index is 0.384. The molecule has 1 aliphatic heterocycles. The molecule has 0 saturated carbocycles. The first-order valence-electron chi connectivity index (χ1n) is 9.42. The van der Waals surface area contributed by atoms with Gasteiger partial charge < -0.3 is 19.9 Å². The molecule has 3 aromatic rings. The van der Waals surface area contributed by atoms with Crippen molar-refractivity contribution in [1.82, 2.24) is 0 Å². The monoisotopic (exact) mass is 377 g/mol. The number of anilines is 3. The van der Waals surface area contributed by atoms with Crippen LogP contribution in [0.1, 0.15) is 5.56 Å². The van der Waals surface area contributed by atoms with Gasteiger partial charge in [0.2, 0.25) is 0 Å². The summed E-state index contributed by atoms with van der Waals surface area (Å²) in [5.74, 6) is 0.787. The number of nitrogens with one attached hydrogen (secondary N) is 1. The van der Waals surface area contributed by atoms with Gasteiger partial charge in [0.1, 0.15) is 17.1 Å². The second kappa shape index (κ2) is 7.76. The van der Waals surface area contributed by atoms with Crippen molar-refractivity contribution in [1.29, 1.82) is 0 Å². The molecule has 6 heteroatoms. The van der Waals surface area contributed by atoms with Crippen LogP contribution in [-0.4, -0.2) is 33.3 Å². The number of piperazine rings is 1. The molecule has 6 nitrogen and oxygen atoms in total. The Bertz CT molecular complexity index is 1000. The first-order valence-corrected chi connectivity index (χ1v) is 9.42. The zero-order valence-electron chi connectivity index (χ0n) is 15.9. The van der Waals surface area contributed by atoms with E-state index < -0.39 is 5.43 Å². The van der Waals surface area contributed by atoms with Crippen LogP contribution in [0.5, 0.6) is 5.75 Å².